The summed E-state index contributed by atoms with van der Waals surface area (Å²) in [5, 5.41) is 8.20. The Morgan fingerprint density at radius 2 is 1.86 bits per heavy atom. The molecule has 2 N–H and O–H groups in total. The third-order valence-corrected chi connectivity index (χ3v) is 3.62. The summed E-state index contributed by atoms with van der Waals surface area (Å²) < 4.78 is 27.1. The van der Waals surface area contributed by atoms with Gasteiger partial charge in [-0.05, 0) is 12.1 Å². The first-order valence-electron chi connectivity index (χ1n) is 6.20. The van der Waals surface area contributed by atoms with E-state index in [2.05, 4.69) is 15.5 Å². The Kier molecular flexibility index (Phi) is 3.50. The molecule has 0 amide bonds. The van der Waals surface area contributed by atoms with Crippen LogP contribution in [0.5, 0.6) is 0 Å². The zero-order valence-electron chi connectivity index (χ0n) is 10.9. The summed E-state index contributed by atoms with van der Waals surface area (Å²) in [4.78, 5) is 24.2. The highest BCUT2D eigenvalue weighted by Crippen LogP contribution is 2.26. The molecule has 1 aliphatic rings. The van der Waals surface area contributed by atoms with Crippen LogP contribution in [0.15, 0.2) is 35.1 Å². The van der Waals surface area contributed by atoms with E-state index in [0.717, 1.165) is 12.1 Å². The van der Waals surface area contributed by atoms with Gasteiger partial charge in [-0.25, -0.2) is 8.78 Å². The van der Waals surface area contributed by atoms with Crippen LogP contribution in [0, 0.1) is 11.6 Å². The summed E-state index contributed by atoms with van der Waals surface area (Å²) >= 11 is 5.87. The van der Waals surface area contributed by atoms with Gasteiger partial charge in [-0.1, -0.05) is 17.7 Å². The number of rotatable bonds is 3. The monoisotopic (exact) mass is 323 g/mol. The quantitative estimate of drug-likeness (QED) is 0.909. The minimum Gasteiger partial charge on any atom is -0.376 e. The van der Waals surface area contributed by atoms with Crippen molar-refractivity contribution in [2.24, 2.45) is 0 Å². The first kappa shape index (κ1) is 14.4. The van der Waals surface area contributed by atoms with Crippen molar-refractivity contribution in [2.45, 2.75) is 6.54 Å². The Labute approximate surface area is 128 Å². The summed E-state index contributed by atoms with van der Waals surface area (Å²) in [5.74, 6) is -2.69. The average molecular weight is 324 g/mol. The van der Waals surface area contributed by atoms with Crippen LogP contribution >= 0.6 is 11.6 Å². The minimum atomic E-state index is -0.761. The summed E-state index contributed by atoms with van der Waals surface area (Å²) in [6, 6.07) is 3.42. The van der Waals surface area contributed by atoms with E-state index in [1.165, 1.54) is 12.3 Å². The first-order chi connectivity index (χ1) is 10.5. The fraction of sp³-hybridized carbons (Fsp3) is 0.0714. The number of carbonyl (C=O) groups excluding carboxylic acids is 2. The van der Waals surface area contributed by atoms with E-state index in [4.69, 9.17) is 11.6 Å². The van der Waals surface area contributed by atoms with Gasteiger partial charge in [0.25, 0.3) is 0 Å². The molecule has 8 heteroatoms. The largest absolute Gasteiger partial charge is 0.376 e. The zero-order valence-corrected chi connectivity index (χ0v) is 11.7. The molecular formula is C14H8ClF2N3O2. The summed E-state index contributed by atoms with van der Waals surface area (Å²) in [6.45, 7) is -0.323. The van der Waals surface area contributed by atoms with E-state index < -0.39 is 23.2 Å². The number of hydrogen-bond acceptors (Lipinski definition) is 4. The molecule has 1 aromatic carbocycles. The van der Waals surface area contributed by atoms with Crippen molar-refractivity contribution in [3.05, 3.63) is 63.6 Å². The molecule has 0 fully saturated rings. The maximum Gasteiger partial charge on any atom is 0.225 e. The van der Waals surface area contributed by atoms with E-state index >= 15 is 0 Å². The van der Waals surface area contributed by atoms with Gasteiger partial charge in [0.15, 0.2) is 0 Å². The number of allylic oxidation sites excluding steroid dienone is 2. The van der Waals surface area contributed by atoms with Crippen molar-refractivity contribution < 1.29 is 18.4 Å². The number of hydrogen-bond donors (Lipinski definition) is 2. The number of fused-ring (bicyclic) bond motifs is 1. The number of ketones is 2. The Morgan fingerprint density at radius 3 is 2.55 bits per heavy atom. The van der Waals surface area contributed by atoms with Gasteiger partial charge < -0.3 is 5.32 Å². The van der Waals surface area contributed by atoms with Gasteiger partial charge in [0.2, 0.25) is 11.6 Å². The van der Waals surface area contributed by atoms with Crippen molar-refractivity contribution in [3.63, 3.8) is 0 Å². The van der Waals surface area contributed by atoms with Crippen molar-refractivity contribution in [1.29, 1.82) is 0 Å². The lowest BCUT2D eigenvalue weighted by atomic mass is 9.99. The van der Waals surface area contributed by atoms with Gasteiger partial charge >= 0.3 is 0 Å². The fourth-order valence-electron chi connectivity index (χ4n) is 2.12. The SMILES string of the molecule is O=C1C(NCc2c(F)cccc2F)=C(Cl)C(=O)c2[nH]ncc21. The van der Waals surface area contributed by atoms with Crippen LogP contribution in [0.25, 0.3) is 0 Å². The van der Waals surface area contributed by atoms with Crippen LogP contribution in [0.2, 0.25) is 0 Å². The van der Waals surface area contributed by atoms with Crippen molar-refractivity contribution >= 4 is 23.2 Å². The molecule has 0 saturated carbocycles. The number of halogens is 3. The topological polar surface area (TPSA) is 74.8 Å². The maximum atomic E-state index is 13.6. The smallest absolute Gasteiger partial charge is 0.225 e. The molecule has 112 valence electrons. The van der Waals surface area contributed by atoms with E-state index in [0.29, 0.717) is 0 Å². The van der Waals surface area contributed by atoms with Gasteiger partial charge in [-0.15, -0.1) is 0 Å². The number of nitrogens with zero attached hydrogens (tertiary/aromatic N) is 1. The standard InChI is InChI=1S/C14H8ClF2N3O2/c15-10-12(13(21)7-5-19-20-11(7)14(10)22)18-4-6-8(16)2-1-3-9(6)17/h1-3,5,18H,4H2,(H,19,20). The Morgan fingerprint density at radius 1 is 1.18 bits per heavy atom. The second kappa shape index (κ2) is 5.34. The van der Waals surface area contributed by atoms with Gasteiger partial charge in [-0.2, -0.15) is 5.10 Å². The molecule has 22 heavy (non-hydrogen) atoms. The highest BCUT2D eigenvalue weighted by atomic mass is 35.5. The molecule has 1 aromatic heterocycles. The molecule has 0 radical (unpaired) electrons. The van der Waals surface area contributed by atoms with Crippen molar-refractivity contribution in [3.8, 4) is 0 Å². The summed E-state index contributed by atoms with van der Waals surface area (Å²) in [6.07, 6.45) is 1.20. The highest BCUT2D eigenvalue weighted by molar-refractivity contribution is 6.49. The molecule has 0 unspecified atom stereocenters. The van der Waals surface area contributed by atoms with Gasteiger partial charge in [0.05, 0.1) is 11.8 Å². The molecule has 1 aliphatic carbocycles. The second-order valence-corrected chi connectivity index (χ2v) is 4.94. The molecule has 3 rings (SSSR count). The number of benzene rings is 1. The normalized spacial score (nSPS) is 14.3. The van der Waals surface area contributed by atoms with Gasteiger partial charge in [-0.3, -0.25) is 14.7 Å². The first-order valence-corrected chi connectivity index (χ1v) is 6.57. The molecule has 0 aliphatic heterocycles. The molecule has 0 saturated heterocycles. The molecule has 0 bridgehead atoms. The minimum absolute atomic E-state index is 0.00220. The van der Waals surface area contributed by atoms with Crippen LogP contribution in [0.1, 0.15) is 26.4 Å². The van der Waals surface area contributed by atoms with Crippen LogP contribution < -0.4 is 5.32 Å². The average Bonchev–Trinajstić information content (AvgIpc) is 2.97. The van der Waals surface area contributed by atoms with Crippen molar-refractivity contribution in [1.82, 2.24) is 15.5 Å². The van der Waals surface area contributed by atoms with E-state index in [1.54, 1.807) is 0 Å². The second-order valence-electron chi connectivity index (χ2n) is 4.56. The van der Waals surface area contributed by atoms with E-state index in [-0.39, 0.29) is 34.1 Å². The third-order valence-electron chi connectivity index (χ3n) is 3.26. The summed E-state index contributed by atoms with van der Waals surface area (Å²) in [5.41, 5.74) is -0.399. The number of nitrogens with one attached hydrogen (secondary N) is 2. The highest BCUT2D eigenvalue weighted by Gasteiger charge is 2.33. The number of Topliss-reactive ketones (excluding diaryl/α,β-unsaturated/α-hetero) is 2. The van der Waals surface area contributed by atoms with Crippen LogP contribution in [-0.4, -0.2) is 21.8 Å². The Hall–Kier alpha value is -2.54. The molecule has 0 atom stereocenters. The lowest BCUT2D eigenvalue weighted by Crippen LogP contribution is -2.29. The molecule has 1 heterocycles. The van der Waals surface area contributed by atoms with Crippen LogP contribution in [0.4, 0.5) is 8.78 Å². The third kappa shape index (κ3) is 2.19. The number of H-pyrrole nitrogens is 1. The van der Waals surface area contributed by atoms with Crippen LogP contribution in [-0.2, 0) is 6.54 Å². The molecular weight excluding hydrogens is 316 g/mol. The van der Waals surface area contributed by atoms with Crippen molar-refractivity contribution in [2.75, 3.05) is 0 Å². The zero-order chi connectivity index (χ0) is 15.9. The Balaban J connectivity index is 1.91. The number of carbonyl (C=O) groups is 2. The van der Waals surface area contributed by atoms with Gasteiger partial charge in [0.1, 0.15) is 28.1 Å². The molecule has 2 aromatic rings. The number of aromatic nitrogens is 2. The predicted molar refractivity (Wildman–Crippen MR) is 73.3 cm³/mol. The van der Waals surface area contributed by atoms with E-state index in [1.807, 2.05) is 0 Å². The van der Waals surface area contributed by atoms with Gasteiger partial charge in [0, 0.05) is 12.1 Å². The maximum absolute atomic E-state index is 13.6. The molecule has 0 spiro atoms. The Bertz CT molecular complexity index is 809. The summed E-state index contributed by atoms with van der Waals surface area (Å²) in [7, 11) is 0. The molecule has 5 nitrogen and oxygen atoms in total. The van der Waals surface area contributed by atoms with E-state index in [9.17, 15) is 18.4 Å². The predicted octanol–water partition coefficient (Wildman–Crippen LogP) is 2.31. The number of aromatic amines is 1. The van der Waals surface area contributed by atoms with Crippen LogP contribution in [0.3, 0.4) is 0 Å². The fourth-order valence-corrected chi connectivity index (χ4v) is 2.37. The lowest BCUT2D eigenvalue weighted by molar-refractivity contribution is 0.0972. The lowest BCUT2D eigenvalue weighted by Gasteiger charge is -2.16.